The second kappa shape index (κ2) is 16.9. The molecule has 3 heteroatoms. The van der Waals surface area contributed by atoms with Gasteiger partial charge in [-0.2, -0.15) is 0 Å². The molecule has 0 radical (unpaired) electrons. The summed E-state index contributed by atoms with van der Waals surface area (Å²) < 4.78 is 0. The molecule has 0 N–H and O–H groups in total. The summed E-state index contributed by atoms with van der Waals surface area (Å²) in [4.78, 5) is 10.9. The lowest BCUT2D eigenvalue weighted by molar-refractivity contribution is 1.18. The van der Waals surface area contributed by atoms with Crippen molar-refractivity contribution in [1.29, 1.82) is 0 Å². The predicted octanol–water partition coefficient (Wildman–Crippen LogP) is 11.9. The summed E-state index contributed by atoms with van der Waals surface area (Å²) in [6.07, 6.45) is 0. The van der Waals surface area contributed by atoms with E-state index in [-0.39, 0.29) is 0 Å². The maximum absolute atomic E-state index is 5.43. The maximum Gasteiger partial charge on any atom is 0.179 e. The van der Waals surface area contributed by atoms with Crippen molar-refractivity contribution in [3.05, 3.63) is 255 Å². The Balaban J connectivity index is 1.30. The first-order valence-corrected chi connectivity index (χ1v) is 22.8. The Bertz CT molecular complexity index is 2880. The van der Waals surface area contributed by atoms with Gasteiger partial charge in [-0.3, -0.25) is 0 Å². The van der Waals surface area contributed by atoms with Crippen LogP contribution >= 0.6 is 0 Å². The topological polar surface area (TPSA) is 25.8 Å². The number of benzene rings is 9. The first-order valence-electron chi connectivity index (χ1n) is 20.8. The van der Waals surface area contributed by atoms with Gasteiger partial charge < -0.3 is 0 Å². The van der Waals surface area contributed by atoms with E-state index in [1.54, 1.807) is 0 Å². The third-order valence-electron chi connectivity index (χ3n) is 11.6. The fourth-order valence-electron chi connectivity index (χ4n) is 8.82. The molecule has 9 aromatic carbocycles. The van der Waals surface area contributed by atoms with Crippen LogP contribution in [0.5, 0.6) is 0 Å². The molecule has 0 saturated carbocycles. The molecule has 0 aliphatic heterocycles. The van der Waals surface area contributed by atoms with Gasteiger partial charge in [-0.1, -0.05) is 237 Å². The zero-order valence-electron chi connectivity index (χ0n) is 33.6. The highest BCUT2D eigenvalue weighted by atomic mass is 28.3. The summed E-state index contributed by atoms with van der Waals surface area (Å²) in [5.74, 6) is 0.677. The Labute approximate surface area is 359 Å². The van der Waals surface area contributed by atoms with Crippen LogP contribution in [0.25, 0.3) is 67.3 Å². The summed E-state index contributed by atoms with van der Waals surface area (Å²) in [5.41, 5.74) is 11.5. The van der Waals surface area contributed by atoms with Crippen LogP contribution in [0.15, 0.2) is 255 Å². The van der Waals surface area contributed by atoms with Crippen LogP contribution in [-0.2, 0) is 0 Å². The molecule has 2 nitrogen and oxygen atoms in total. The van der Waals surface area contributed by atoms with Crippen LogP contribution in [-0.4, -0.2) is 18.0 Å². The molecule has 0 aliphatic rings. The van der Waals surface area contributed by atoms with Crippen molar-refractivity contribution < 1.29 is 0 Å². The van der Waals surface area contributed by atoms with Gasteiger partial charge in [0.25, 0.3) is 0 Å². The third kappa shape index (κ3) is 7.33. The summed E-state index contributed by atoms with van der Waals surface area (Å²) in [7, 11) is -2.83. The lowest BCUT2D eigenvalue weighted by Crippen LogP contribution is -2.74. The normalized spacial score (nSPS) is 11.3. The molecule has 0 unspecified atom stereocenters. The Kier molecular flexibility index (Phi) is 10.4. The summed E-state index contributed by atoms with van der Waals surface area (Å²) in [6, 6.07) is 91.8. The van der Waals surface area contributed by atoms with E-state index < -0.39 is 8.07 Å². The molecule has 1 heterocycles. The largest absolute Gasteiger partial charge is 0.228 e. The quantitative estimate of drug-likeness (QED) is 0.102. The molecule has 0 atom stereocenters. The number of hydrogen-bond acceptors (Lipinski definition) is 2. The lowest BCUT2D eigenvalue weighted by Gasteiger charge is -2.34. The minimum absolute atomic E-state index is 0.677. The number of hydrogen-bond donors (Lipinski definition) is 0. The van der Waals surface area contributed by atoms with Crippen LogP contribution in [0.3, 0.4) is 0 Å². The van der Waals surface area contributed by atoms with Crippen LogP contribution in [0, 0.1) is 0 Å². The Morgan fingerprint density at radius 2 is 0.607 bits per heavy atom. The molecule has 0 saturated heterocycles. The fourth-order valence-corrected chi connectivity index (χ4v) is 13.6. The average Bonchev–Trinajstić information content (AvgIpc) is 3.36. The van der Waals surface area contributed by atoms with Crippen molar-refractivity contribution in [3.63, 3.8) is 0 Å². The van der Waals surface area contributed by atoms with Gasteiger partial charge in [0, 0.05) is 22.3 Å². The zero-order valence-corrected chi connectivity index (χ0v) is 34.6. The van der Waals surface area contributed by atoms with E-state index in [2.05, 4.69) is 243 Å². The van der Waals surface area contributed by atoms with Crippen molar-refractivity contribution in [2.75, 3.05) is 0 Å². The van der Waals surface area contributed by atoms with Crippen molar-refractivity contribution in [1.82, 2.24) is 9.97 Å². The van der Waals surface area contributed by atoms with Gasteiger partial charge in [0.2, 0.25) is 0 Å². The molecule has 0 bridgehead atoms. The number of rotatable bonds is 10. The number of aromatic nitrogens is 2. The summed E-state index contributed by atoms with van der Waals surface area (Å²) >= 11 is 0. The molecular formula is C58H42N2Si. The standard InChI is InChI=1S/C58H42N2Si/c1-8-23-43(24-9-1)48-40-53(47-31-22-38-52(39-47)61(49-32-16-5-17-33-49,50-34-18-6-19-35-50)51-36-20-7-21-37-51)57(46-29-14-4-15-30-46)54(41-48)58-59-55(44-25-10-2-11-26-44)42-56(60-58)45-27-12-3-13-28-45/h1-42H. The highest BCUT2D eigenvalue weighted by Crippen LogP contribution is 2.43. The monoisotopic (exact) mass is 794 g/mol. The van der Waals surface area contributed by atoms with E-state index in [4.69, 9.17) is 9.97 Å². The second-order valence-electron chi connectivity index (χ2n) is 15.3. The van der Waals surface area contributed by atoms with Crippen molar-refractivity contribution in [3.8, 4) is 67.3 Å². The second-order valence-corrected chi connectivity index (χ2v) is 19.1. The maximum atomic E-state index is 5.43. The van der Waals surface area contributed by atoms with Gasteiger partial charge in [0.05, 0.1) is 11.4 Å². The Morgan fingerprint density at radius 1 is 0.246 bits per heavy atom. The van der Waals surface area contributed by atoms with E-state index in [1.165, 1.54) is 20.7 Å². The van der Waals surface area contributed by atoms with E-state index >= 15 is 0 Å². The van der Waals surface area contributed by atoms with E-state index in [9.17, 15) is 0 Å². The Hall–Kier alpha value is -7.72. The van der Waals surface area contributed by atoms with Crippen LogP contribution in [0.2, 0.25) is 0 Å². The molecule has 0 fully saturated rings. The molecule has 0 aliphatic carbocycles. The van der Waals surface area contributed by atoms with Gasteiger partial charge in [-0.05, 0) is 66.8 Å². The first-order chi connectivity index (χ1) is 30.3. The fraction of sp³-hybridized carbons (Fsp3) is 0. The van der Waals surface area contributed by atoms with E-state index in [0.29, 0.717) is 5.82 Å². The van der Waals surface area contributed by atoms with E-state index in [1.807, 2.05) is 12.1 Å². The minimum atomic E-state index is -2.83. The SMILES string of the molecule is c1ccc(-c2cc(-c3cccc([Si](c4ccccc4)(c4ccccc4)c4ccccc4)c3)c(-c3ccccc3)c(-c3nc(-c4ccccc4)cc(-c4ccccc4)n3)c2)cc1. The van der Waals surface area contributed by atoms with Crippen LogP contribution < -0.4 is 20.7 Å². The van der Waals surface area contributed by atoms with Crippen molar-refractivity contribution >= 4 is 28.8 Å². The first kappa shape index (κ1) is 37.5. The zero-order chi connectivity index (χ0) is 40.9. The van der Waals surface area contributed by atoms with Crippen LogP contribution in [0.1, 0.15) is 0 Å². The summed E-state index contributed by atoms with van der Waals surface area (Å²) in [5, 5.41) is 5.33. The molecular weight excluding hydrogens is 753 g/mol. The Morgan fingerprint density at radius 3 is 1.07 bits per heavy atom. The molecule has 10 aromatic rings. The van der Waals surface area contributed by atoms with Gasteiger partial charge in [0.1, 0.15) is 0 Å². The lowest BCUT2D eigenvalue weighted by atomic mass is 9.86. The molecule has 0 spiro atoms. The molecule has 1 aromatic heterocycles. The summed E-state index contributed by atoms with van der Waals surface area (Å²) in [6.45, 7) is 0. The molecule has 10 rings (SSSR count). The predicted molar refractivity (Wildman–Crippen MR) is 258 cm³/mol. The van der Waals surface area contributed by atoms with Crippen molar-refractivity contribution in [2.24, 2.45) is 0 Å². The van der Waals surface area contributed by atoms with Crippen LogP contribution in [0.4, 0.5) is 0 Å². The van der Waals surface area contributed by atoms with Gasteiger partial charge in [-0.25, -0.2) is 9.97 Å². The minimum Gasteiger partial charge on any atom is -0.228 e. The van der Waals surface area contributed by atoms with Crippen molar-refractivity contribution in [2.45, 2.75) is 0 Å². The average molecular weight is 795 g/mol. The molecule has 0 amide bonds. The number of nitrogens with zero attached hydrogens (tertiary/aromatic N) is 2. The van der Waals surface area contributed by atoms with E-state index in [0.717, 1.165) is 61.5 Å². The highest BCUT2D eigenvalue weighted by molar-refractivity contribution is 7.19. The van der Waals surface area contributed by atoms with Gasteiger partial charge in [0.15, 0.2) is 13.9 Å². The molecule has 61 heavy (non-hydrogen) atoms. The van der Waals surface area contributed by atoms with Gasteiger partial charge in [-0.15, -0.1) is 0 Å². The van der Waals surface area contributed by atoms with Gasteiger partial charge >= 0.3 is 0 Å². The highest BCUT2D eigenvalue weighted by Gasteiger charge is 2.41. The molecule has 288 valence electrons. The smallest absolute Gasteiger partial charge is 0.179 e. The third-order valence-corrected chi connectivity index (χ3v) is 16.4.